The van der Waals surface area contributed by atoms with Crippen LogP contribution in [0.2, 0.25) is 0 Å². The van der Waals surface area contributed by atoms with Crippen LogP contribution in [0.3, 0.4) is 0 Å². The lowest BCUT2D eigenvalue weighted by atomic mass is 10.2. The number of halogens is 1. The minimum atomic E-state index is -0.269. The fourth-order valence-electron chi connectivity index (χ4n) is 2.28. The van der Waals surface area contributed by atoms with Crippen molar-refractivity contribution in [3.8, 4) is 0 Å². The molecule has 0 spiro atoms. The Morgan fingerprint density at radius 3 is 2.88 bits per heavy atom. The first kappa shape index (κ1) is 16.6. The predicted octanol–water partition coefficient (Wildman–Crippen LogP) is 2.87. The number of benzene rings is 1. The highest BCUT2D eigenvalue weighted by Crippen LogP contribution is 2.23. The number of nitrogens with zero attached hydrogens (tertiary/aromatic N) is 3. The Morgan fingerprint density at radius 1 is 1.25 bits per heavy atom. The smallest absolute Gasteiger partial charge is 0.263 e. The summed E-state index contributed by atoms with van der Waals surface area (Å²) in [6, 6.07) is 9.98. The van der Waals surface area contributed by atoms with Gasteiger partial charge in [-0.05, 0) is 23.8 Å². The molecule has 3 rings (SSSR count). The van der Waals surface area contributed by atoms with Crippen molar-refractivity contribution < 1.29 is 9.13 Å². The minimum absolute atomic E-state index is 0.166. The van der Waals surface area contributed by atoms with Crippen LogP contribution >= 0.6 is 11.8 Å². The lowest BCUT2D eigenvalue weighted by Crippen LogP contribution is -2.25. The summed E-state index contributed by atoms with van der Waals surface area (Å²) in [5.41, 5.74) is 0.796. The maximum Gasteiger partial charge on any atom is 0.263 e. The first-order chi connectivity index (χ1) is 11.7. The molecule has 0 aliphatic carbocycles. The van der Waals surface area contributed by atoms with Crippen LogP contribution in [-0.2, 0) is 17.0 Å². The molecule has 0 bridgehead atoms. The van der Waals surface area contributed by atoms with Crippen LogP contribution in [0.15, 0.2) is 52.5 Å². The highest BCUT2D eigenvalue weighted by atomic mass is 32.2. The third-order valence-corrected chi connectivity index (χ3v) is 4.55. The fraction of sp³-hybridized carbons (Fsp3) is 0.235. The van der Waals surface area contributed by atoms with Crippen molar-refractivity contribution in [3.05, 3.63) is 64.3 Å². The van der Waals surface area contributed by atoms with E-state index >= 15 is 0 Å². The molecule has 7 heteroatoms. The molecule has 0 saturated heterocycles. The van der Waals surface area contributed by atoms with Crippen LogP contribution in [-0.4, -0.2) is 28.3 Å². The summed E-state index contributed by atoms with van der Waals surface area (Å²) in [6.45, 7) is 0.771. The van der Waals surface area contributed by atoms with Crippen LogP contribution in [0.25, 0.3) is 11.0 Å². The summed E-state index contributed by atoms with van der Waals surface area (Å²) < 4.78 is 20.4. The van der Waals surface area contributed by atoms with Crippen molar-refractivity contribution in [1.82, 2.24) is 14.5 Å². The van der Waals surface area contributed by atoms with Gasteiger partial charge in [0.25, 0.3) is 5.56 Å². The van der Waals surface area contributed by atoms with Crippen LogP contribution < -0.4 is 5.56 Å². The maximum atomic E-state index is 13.8. The molecule has 0 atom stereocenters. The van der Waals surface area contributed by atoms with Crippen molar-refractivity contribution >= 4 is 22.8 Å². The Balaban J connectivity index is 1.98. The second-order valence-corrected chi connectivity index (χ2v) is 6.04. The Bertz CT molecular complexity index is 914. The zero-order valence-electron chi connectivity index (χ0n) is 13.1. The Kier molecular flexibility index (Phi) is 5.22. The highest BCUT2D eigenvalue weighted by molar-refractivity contribution is 7.98. The van der Waals surface area contributed by atoms with Crippen LogP contribution in [0, 0.1) is 5.82 Å². The summed E-state index contributed by atoms with van der Waals surface area (Å²) in [6.07, 6.45) is 1.60. The summed E-state index contributed by atoms with van der Waals surface area (Å²) in [5, 5.41) is 0.968. The van der Waals surface area contributed by atoms with Gasteiger partial charge in [-0.2, -0.15) is 0 Å². The summed E-state index contributed by atoms with van der Waals surface area (Å²) in [5.74, 6) is 0.111. The molecule has 0 unspecified atom stereocenters. The van der Waals surface area contributed by atoms with Crippen LogP contribution in [0.4, 0.5) is 4.39 Å². The maximum absolute atomic E-state index is 13.8. The number of fused-ring (bicyclic) bond motifs is 1. The van der Waals surface area contributed by atoms with Gasteiger partial charge in [0.1, 0.15) is 5.82 Å². The van der Waals surface area contributed by atoms with E-state index in [4.69, 9.17) is 4.74 Å². The lowest BCUT2D eigenvalue weighted by Gasteiger charge is -2.12. The zero-order valence-corrected chi connectivity index (χ0v) is 13.9. The van der Waals surface area contributed by atoms with Gasteiger partial charge in [0, 0.05) is 19.1 Å². The van der Waals surface area contributed by atoms with E-state index in [1.807, 2.05) is 0 Å². The van der Waals surface area contributed by atoms with E-state index in [0.29, 0.717) is 40.7 Å². The van der Waals surface area contributed by atoms with Crippen LogP contribution in [0.5, 0.6) is 0 Å². The number of thioether (sulfide) groups is 1. The van der Waals surface area contributed by atoms with E-state index in [-0.39, 0.29) is 11.4 Å². The average molecular weight is 345 g/mol. The molecule has 24 heavy (non-hydrogen) atoms. The van der Waals surface area contributed by atoms with Gasteiger partial charge < -0.3 is 4.74 Å². The largest absolute Gasteiger partial charge is 0.383 e. The Hall–Kier alpha value is -2.25. The number of aromatic nitrogens is 3. The molecule has 0 amide bonds. The number of rotatable bonds is 6. The molecule has 5 nitrogen and oxygen atoms in total. The molecule has 2 heterocycles. The molecule has 0 saturated carbocycles. The first-order valence-corrected chi connectivity index (χ1v) is 8.40. The zero-order chi connectivity index (χ0) is 16.9. The number of methoxy groups -OCH3 is 1. The standard InChI is InChI=1S/C17H16FN3O2S/c1-23-10-9-21-16(22)13-6-4-8-19-15(13)20-17(21)24-11-12-5-2-3-7-14(12)18/h2-8H,9-11H2,1H3. The third kappa shape index (κ3) is 3.47. The van der Waals surface area contributed by atoms with Gasteiger partial charge in [-0.25, -0.2) is 14.4 Å². The molecule has 3 aromatic rings. The molecule has 0 radical (unpaired) electrons. The molecule has 1 aromatic carbocycles. The van der Waals surface area contributed by atoms with E-state index in [0.717, 1.165) is 0 Å². The van der Waals surface area contributed by atoms with E-state index < -0.39 is 0 Å². The van der Waals surface area contributed by atoms with Gasteiger partial charge in [0.05, 0.1) is 18.5 Å². The van der Waals surface area contributed by atoms with E-state index in [1.54, 1.807) is 48.2 Å². The molecule has 2 aromatic heterocycles. The summed E-state index contributed by atoms with van der Waals surface area (Å²) >= 11 is 1.31. The minimum Gasteiger partial charge on any atom is -0.383 e. The first-order valence-electron chi connectivity index (χ1n) is 7.41. The normalized spacial score (nSPS) is 11.1. The predicted molar refractivity (Wildman–Crippen MR) is 91.6 cm³/mol. The second kappa shape index (κ2) is 7.55. The van der Waals surface area contributed by atoms with Crippen molar-refractivity contribution in [2.45, 2.75) is 17.5 Å². The van der Waals surface area contributed by atoms with Crippen LogP contribution in [0.1, 0.15) is 5.56 Å². The molecule has 0 N–H and O–H groups in total. The van der Waals surface area contributed by atoms with E-state index in [1.165, 1.54) is 17.8 Å². The van der Waals surface area contributed by atoms with Gasteiger partial charge in [0.15, 0.2) is 10.8 Å². The number of ether oxygens (including phenoxy) is 1. The van der Waals surface area contributed by atoms with Crippen molar-refractivity contribution in [2.24, 2.45) is 0 Å². The van der Waals surface area contributed by atoms with Gasteiger partial charge in [-0.3, -0.25) is 9.36 Å². The van der Waals surface area contributed by atoms with E-state index in [9.17, 15) is 9.18 Å². The Morgan fingerprint density at radius 2 is 2.08 bits per heavy atom. The third-order valence-electron chi connectivity index (χ3n) is 3.53. The second-order valence-electron chi connectivity index (χ2n) is 5.10. The quantitative estimate of drug-likeness (QED) is 0.508. The number of pyridine rings is 1. The molecule has 124 valence electrons. The summed E-state index contributed by atoms with van der Waals surface area (Å²) in [7, 11) is 1.58. The number of hydrogen-bond donors (Lipinski definition) is 0. The molecule has 0 fully saturated rings. The SMILES string of the molecule is COCCn1c(SCc2ccccc2F)nc2ncccc2c1=O. The number of hydrogen-bond acceptors (Lipinski definition) is 5. The van der Waals surface area contributed by atoms with Crippen molar-refractivity contribution in [2.75, 3.05) is 13.7 Å². The average Bonchev–Trinajstić information content (AvgIpc) is 2.60. The van der Waals surface area contributed by atoms with E-state index in [2.05, 4.69) is 9.97 Å². The molecule has 0 aliphatic heterocycles. The lowest BCUT2D eigenvalue weighted by molar-refractivity contribution is 0.183. The Labute approximate surface area is 142 Å². The van der Waals surface area contributed by atoms with Gasteiger partial charge in [0.2, 0.25) is 0 Å². The highest BCUT2D eigenvalue weighted by Gasteiger charge is 2.13. The monoisotopic (exact) mass is 345 g/mol. The van der Waals surface area contributed by atoms with Gasteiger partial charge in [-0.15, -0.1) is 0 Å². The van der Waals surface area contributed by atoms with Crippen molar-refractivity contribution in [3.63, 3.8) is 0 Å². The molecule has 0 aliphatic rings. The molecular formula is C17H16FN3O2S. The van der Waals surface area contributed by atoms with Gasteiger partial charge >= 0.3 is 0 Å². The van der Waals surface area contributed by atoms with Crippen molar-refractivity contribution in [1.29, 1.82) is 0 Å². The van der Waals surface area contributed by atoms with Gasteiger partial charge in [-0.1, -0.05) is 30.0 Å². The fourth-order valence-corrected chi connectivity index (χ4v) is 3.28. The molecular weight excluding hydrogens is 329 g/mol. The summed E-state index contributed by atoms with van der Waals surface area (Å²) in [4.78, 5) is 21.3. The topological polar surface area (TPSA) is 57.0 Å².